The van der Waals surface area contributed by atoms with Crippen molar-refractivity contribution in [3.63, 3.8) is 0 Å². The van der Waals surface area contributed by atoms with E-state index in [1.165, 1.54) is 4.90 Å². The van der Waals surface area contributed by atoms with Crippen LogP contribution >= 0.6 is 12.6 Å². The van der Waals surface area contributed by atoms with Crippen LogP contribution in [0.2, 0.25) is 0 Å². The molecular formula is C26H24N2O4S. The molecule has 2 aliphatic rings. The summed E-state index contributed by atoms with van der Waals surface area (Å²) in [5.74, 6) is -1.74. The Balaban J connectivity index is 1.35. The van der Waals surface area contributed by atoms with Gasteiger partial charge in [0, 0.05) is 6.42 Å². The number of nitrogens with zero attached hydrogens (tertiary/aromatic N) is 1. The van der Waals surface area contributed by atoms with Crippen LogP contribution in [0.15, 0.2) is 60.7 Å². The standard InChI is InChI=1S/C26H24N2O4S/c29-24(22(33)14-17-8-3-6-15-5-1-2-10-19(15)17)27-20-12-11-16-7-4-9-18-13-21(26(31)32)28(23(16)18)25(20)30/h1-10,20-22,33H,11-14H2,(H,27,29)(H,31,32)/t20-,21-,22?/m0/s1. The largest absolute Gasteiger partial charge is 0.480 e. The van der Waals surface area contributed by atoms with E-state index in [0.717, 1.165) is 27.5 Å². The monoisotopic (exact) mass is 460 g/mol. The zero-order valence-electron chi connectivity index (χ0n) is 17.9. The molecule has 0 radical (unpaired) electrons. The van der Waals surface area contributed by atoms with Gasteiger partial charge in [-0.25, -0.2) is 4.79 Å². The predicted molar refractivity (Wildman–Crippen MR) is 130 cm³/mol. The molecule has 2 amide bonds. The number of carbonyl (C=O) groups excluding carboxylic acids is 2. The van der Waals surface area contributed by atoms with Gasteiger partial charge in [-0.3, -0.25) is 14.5 Å². The van der Waals surface area contributed by atoms with Crippen molar-refractivity contribution in [1.29, 1.82) is 0 Å². The molecular weight excluding hydrogens is 436 g/mol. The van der Waals surface area contributed by atoms with Gasteiger partial charge in [0.1, 0.15) is 12.1 Å². The number of para-hydroxylation sites is 1. The Morgan fingerprint density at radius 3 is 2.61 bits per heavy atom. The van der Waals surface area contributed by atoms with Crippen LogP contribution in [0.4, 0.5) is 5.69 Å². The highest BCUT2D eigenvalue weighted by molar-refractivity contribution is 7.81. The third-order valence-corrected chi connectivity index (χ3v) is 7.02. The Hall–Kier alpha value is -3.32. The van der Waals surface area contributed by atoms with Gasteiger partial charge in [-0.1, -0.05) is 60.7 Å². The van der Waals surface area contributed by atoms with E-state index in [2.05, 4.69) is 17.9 Å². The van der Waals surface area contributed by atoms with Crippen molar-refractivity contribution in [2.75, 3.05) is 4.90 Å². The summed E-state index contributed by atoms with van der Waals surface area (Å²) in [5, 5.41) is 14.1. The number of hydrogen-bond donors (Lipinski definition) is 3. The Bertz CT molecular complexity index is 1270. The number of nitrogens with one attached hydrogen (secondary N) is 1. The van der Waals surface area contributed by atoms with E-state index in [1.54, 1.807) is 0 Å². The van der Waals surface area contributed by atoms with E-state index in [-0.39, 0.29) is 18.2 Å². The summed E-state index contributed by atoms with van der Waals surface area (Å²) >= 11 is 4.54. The van der Waals surface area contributed by atoms with Gasteiger partial charge in [-0.15, -0.1) is 0 Å². The topological polar surface area (TPSA) is 86.7 Å². The van der Waals surface area contributed by atoms with Crippen molar-refractivity contribution in [3.05, 3.63) is 77.4 Å². The molecule has 3 aromatic carbocycles. The highest BCUT2D eigenvalue weighted by atomic mass is 32.1. The molecule has 0 saturated carbocycles. The summed E-state index contributed by atoms with van der Waals surface area (Å²) in [4.78, 5) is 39.7. The highest BCUT2D eigenvalue weighted by Crippen LogP contribution is 2.39. The van der Waals surface area contributed by atoms with Gasteiger partial charge in [-0.05, 0) is 46.7 Å². The van der Waals surface area contributed by atoms with Crippen LogP contribution in [0.25, 0.3) is 10.8 Å². The number of thiol groups is 1. The quantitative estimate of drug-likeness (QED) is 0.511. The van der Waals surface area contributed by atoms with Gasteiger partial charge in [0.15, 0.2) is 0 Å². The van der Waals surface area contributed by atoms with Gasteiger partial charge in [-0.2, -0.15) is 12.6 Å². The number of fused-ring (bicyclic) bond motifs is 1. The van der Waals surface area contributed by atoms with Gasteiger partial charge in [0.05, 0.1) is 10.9 Å². The fraction of sp³-hybridized carbons (Fsp3) is 0.269. The van der Waals surface area contributed by atoms with Crippen LogP contribution in [0.5, 0.6) is 0 Å². The molecule has 0 saturated heterocycles. The van der Waals surface area contributed by atoms with Crippen molar-refractivity contribution in [1.82, 2.24) is 5.32 Å². The summed E-state index contributed by atoms with van der Waals surface area (Å²) in [6.45, 7) is 0. The summed E-state index contributed by atoms with van der Waals surface area (Å²) in [7, 11) is 0. The van der Waals surface area contributed by atoms with Gasteiger partial charge < -0.3 is 10.4 Å². The zero-order chi connectivity index (χ0) is 23.1. The number of aliphatic carboxylic acids is 1. The van der Waals surface area contributed by atoms with E-state index in [9.17, 15) is 19.5 Å². The first kappa shape index (κ1) is 21.5. The molecule has 0 aliphatic carbocycles. The number of anilines is 1. The lowest BCUT2D eigenvalue weighted by atomic mass is 10.00. The number of amides is 2. The van der Waals surface area contributed by atoms with Crippen LogP contribution in [-0.4, -0.2) is 40.2 Å². The van der Waals surface area contributed by atoms with Crippen molar-refractivity contribution in [2.45, 2.75) is 43.0 Å². The fourth-order valence-corrected chi connectivity index (χ4v) is 5.27. The molecule has 168 valence electrons. The number of benzene rings is 3. The number of carbonyl (C=O) groups is 3. The first-order valence-electron chi connectivity index (χ1n) is 11.1. The molecule has 7 heteroatoms. The Kier molecular flexibility index (Phi) is 5.58. The van der Waals surface area contributed by atoms with Gasteiger partial charge in [0.2, 0.25) is 11.8 Å². The predicted octanol–water partition coefficient (Wildman–Crippen LogP) is 3.15. The number of hydrogen-bond acceptors (Lipinski definition) is 4. The first-order chi connectivity index (χ1) is 15.9. The van der Waals surface area contributed by atoms with Crippen molar-refractivity contribution < 1.29 is 19.5 Å². The highest BCUT2D eigenvalue weighted by Gasteiger charge is 2.44. The Morgan fingerprint density at radius 1 is 1.06 bits per heavy atom. The molecule has 1 unspecified atom stereocenters. The van der Waals surface area contributed by atoms with E-state index in [4.69, 9.17) is 0 Å². The number of aryl methyl sites for hydroxylation is 1. The number of carboxylic acids is 1. The molecule has 33 heavy (non-hydrogen) atoms. The number of carboxylic acid groups (broad SMARTS) is 1. The maximum absolute atomic E-state index is 13.4. The molecule has 0 bridgehead atoms. The summed E-state index contributed by atoms with van der Waals surface area (Å²) < 4.78 is 0. The molecule has 3 atom stereocenters. The van der Waals surface area contributed by atoms with Crippen LogP contribution in [0, 0.1) is 0 Å². The van der Waals surface area contributed by atoms with E-state index < -0.39 is 23.3 Å². The summed E-state index contributed by atoms with van der Waals surface area (Å²) in [6.07, 6.45) is 1.70. The van der Waals surface area contributed by atoms with E-state index in [1.807, 2.05) is 60.7 Å². The average Bonchev–Trinajstić information content (AvgIpc) is 3.16. The van der Waals surface area contributed by atoms with Crippen molar-refractivity contribution in [3.8, 4) is 0 Å². The normalized spacial score (nSPS) is 20.3. The minimum absolute atomic E-state index is 0.279. The molecule has 0 aromatic heterocycles. The summed E-state index contributed by atoms with van der Waals surface area (Å²) in [5.41, 5.74) is 3.52. The van der Waals surface area contributed by atoms with Gasteiger partial charge in [0.25, 0.3) is 0 Å². The zero-order valence-corrected chi connectivity index (χ0v) is 18.8. The third kappa shape index (κ3) is 3.86. The Labute approximate surface area is 197 Å². The van der Waals surface area contributed by atoms with E-state index in [0.29, 0.717) is 24.9 Å². The molecule has 2 heterocycles. The molecule has 0 spiro atoms. The Morgan fingerprint density at radius 2 is 1.79 bits per heavy atom. The molecule has 2 aliphatic heterocycles. The maximum Gasteiger partial charge on any atom is 0.327 e. The van der Waals surface area contributed by atoms with Crippen LogP contribution in [0.3, 0.4) is 0 Å². The second kappa shape index (κ2) is 8.56. The lowest BCUT2D eigenvalue weighted by molar-refractivity contribution is -0.140. The minimum Gasteiger partial charge on any atom is -0.480 e. The van der Waals surface area contributed by atoms with Crippen molar-refractivity contribution >= 4 is 46.9 Å². The first-order valence-corrected chi connectivity index (χ1v) is 11.6. The van der Waals surface area contributed by atoms with Crippen LogP contribution < -0.4 is 10.2 Å². The van der Waals surface area contributed by atoms with Gasteiger partial charge >= 0.3 is 5.97 Å². The van der Waals surface area contributed by atoms with Crippen LogP contribution in [-0.2, 0) is 33.6 Å². The lowest BCUT2D eigenvalue weighted by Crippen LogP contribution is -2.53. The van der Waals surface area contributed by atoms with Crippen molar-refractivity contribution in [2.24, 2.45) is 0 Å². The second-order valence-corrected chi connectivity index (χ2v) is 9.27. The molecule has 0 fully saturated rings. The molecule has 5 rings (SSSR count). The minimum atomic E-state index is -1.04. The lowest BCUT2D eigenvalue weighted by Gasteiger charge is -2.26. The third-order valence-electron chi connectivity index (χ3n) is 6.60. The molecule has 3 aromatic rings. The number of rotatable bonds is 5. The van der Waals surface area contributed by atoms with Crippen LogP contribution in [0.1, 0.15) is 23.1 Å². The van der Waals surface area contributed by atoms with E-state index >= 15 is 0 Å². The summed E-state index contributed by atoms with van der Waals surface area (Å²) in [6, 6.07) is 17.9. The maximum atomic E-state index is 13.4. The molecule has 2 N–H and O–H groups in total. The fourth-order valence-electron chi connectivity index (χ4n) is 5.00. The molecule has 6 nitrogen and oxygen atoms in total. The second-order valence-electron chi connectivity index (χ2n) is 8.65. The average molecular weight is 461 g/mol. The SMILES string of the molecule is O=C(N[C@H]1CCc2cccc3c2N(C1=O)[C@H](C(=O)O)C3)C(S)Cc1cccc2ccccc12. The smallest absolute Gasteiger partial charge is 0.327 e.